The largest absolute Gasteiger partial charge is 0.412 e. The zero-order valence-electron chi connectivity index (χ0n) is 10.3. The fourth-order valence-electron chi connectivity index (χ4n) is 1.90. The Hall–Kier alpha value is -0.550. The van der Waals surface area contributed by atoms with Gasteiger partial charge >= 0.3 is 6.18 Å². The van der Waals surface area contributed by atoms with Crippen LogP contribution in [0.2, 0.25) is 0 Å². The first-order valence-electron chi connectivity index (χ1n) is 6.23. The maximum absolute atomic E-state index is 12.4. The first-order chi connectivity index (χ1) is 8.04. The van der Waals surface area contributed by atoms with Gasteiger partial charge in [-0.15, -0.1) is 0 Å². The van der Waals surface area contributed by atoms with Crippen molar-refractivity contribution in [3.63, 3.8) is 0 Å². The Balaban J connectivity index is 2.17. The van der Waals surface area contributed by atoms with E-state index < -0.39 is 6.18 Å². The fourth-order valence-corrected chi connectivity index (χ4v) is 1.90. The van der Waals surface area contributed by atoms with Crippen LogP contribution >= 0.6 is 0 Å². The fraction of sp³-hybridized carbons (Fsp3) is 0.833. The van der Waals surface area contributed by atoms with Crippen LogP contribution in [0.5, 0.6) is 0 Å². The molecular formula is C12H21F3N2. The maximum atomic E-state index is 12.4. The molecule has 1 rings (SSSR count). The number of hydrogen-bond acceptors (Lipinski definition) is 2. The second-order valence-corrected chi connectivity index (χ2v) is 4.38. The molecule has 0 saturated carbocycles. The minimum absolute atomic E-state index is 0.131. The predicted octanol–water partition coefficient (Wildman–Crippen LogP) is 2.57. The van der Waals surface area contributed by atoms with Gasteiger partial charge in [0.15, 0.2) is 0 Å². The summed E-state index contributed by atoms with van der Waals surface area (Å²) >= 11 is 0. The molecule has 1 N–H and O–H groups in total. The molecular weight excluding hydrogens is 229 g/mol. The second kappa shape index (κ2) is 7.01. The Kier molecular flexibility index (Phi) is 5.98. The van der Waals surface area contributed by atoms with Gasteiger partial charge in [-0.05, 0) is 38.9 Å². The highest BCUT2D eigenvalue weighted by Gasteiger charge is 2.34. The molecule has 0 saturated heterocycles. The van der Waals surface area contributed by atoms with Gasteiger partial charge in [0.1, 0.15) is 0 Å². The van der Waals surface area contributed by atoms with E-state index in [9.17, 15) is 13.2 Å². The van der Waals surface area contributed by atoms with Gasteiger partial charge in [0.2, 0.25) is 0 Å². The van der Waals surface area contributed by atoms with E-state index >= 15 is 0 Å². The van der Waals surface area contributed by atoms with Crippen LogP contribution in [0.4, 0.5) is 13.2 Å². The summed E-state index contributed by atoms with van der Waals surface area (Å²) in [4.78, 5) is 2.07. The standard InChI is InChI=1S/C12H21F3N2/c1-2-6-16-7-3-8-17-9-4-11(5-10-17)12(13,14)15/h4,16H,2-3,5-10H2,1H3. The molecule has 0 aromatic rings. The van der Waals surface area contributed by atoms with Crippen molar-refractivity contribution in [1.29, 1.82) is 0 Å². The summed E-state index contributed by atoms with van der Waals surface area (Å²) in [5, 5.41) is 3.29. The lowest BCUT2D eigenvalue weighted by molar-refractivity contribution is -0.0960. The van der Waals surface area contributed by atoms with E-state index in [0.29, 0.717) is 13.1 Å². The van der Waals surface area contributed by atoms with E-state index in [4.69, 9.17) is 0 Å². The van der Waals surface area contributed by atoms with Crippen LogP contribution < -0.4 is 5.32 Å². The highest BCUT2D eigenvalue weighted by atomic mass is 19.4. The van der Waals surface area contributed by atoms with Crippen LogP contribution in [0, 0.1) is 0 Å². The molecule has 0 aromatic heterocycles. The molecule has 2 nitrogen and oxygen atoms in total. The van der Waals surface area contributed by atoms with Crippen molar-refractivity contribution >= 4 is 0 Å². The summed E-state index contributed by atoms with van der Waals surface area (Å²) in [7, 11) is 0. The van der Waals surface area contributed by atoms with Crippen molar-refractivity contribution in [3.05, 3.63) is 11.6 Å². The second-order valence-electron chi connectivity index (χ2n) is 4.38. The molecule has 0 spiro atoms. The molecule has 0 aliphatic carbocycles. The van der Waals surface area contributed by atoms with Crippen molar-refractivity contribution in [1.82, 2.24) is 10.2 Å². The van der Waals surface area contributed by atoms with Crippen LogP contribution in [-0.2, 0) is 0 Å². The van der Waals surface area contributed by atoms with Gasteiger partial charge in [-0.25, -0.2) is 0 Å². The summed E-state index contributed by atoms with van der Waals surface area (Å²) < 4.78 is 37.1. The van der Waals surface area contributed by atoms with E-state index in [1.165, 1.54) is 6.08 Å². The highest BCUT2D eigenvalue weighted by Crippen LogP contribution is 2.29. The Labute approximate surface area is 101 Å². The van der Waals surface area contributed by atoms with Crippen LogP contribution in [0.3, 0.4) is 0 Å². The minimum atomic E-state index is -4.13. The molecule has 0 aromatic carbocycles. The molecule has 0 atom stereocenters. The summed E-state index contributed by atoms with van der Waals surface area (Å²) in [6.07, 6.45) is -0.569. The summed E-state index contributed by atoms with van der Waals surface area (Å²) in [5.74, 6) is 0. The number of alkyl halides is 3. The zero-order valence-corrected chi connectivity index (χ0v) is 10.3. The third kappa shape index (κ3) is 5.55. The summed E-state index contributed by atoms with van der Waals surface area (Å²) in [6, 6.07) is 0. The van der Waals surface area contributed by atoms with Gasteiger partial charge < -0.3 is 5.32 Å². The third-order valence-corrected chi connectivity index (χ3v) is 2.91. The van der Waals surface area contributed by atoms with Gasteiger partial charge in [-0.2, -0.15) is 13.2 Å². The van der Waals surface area contributed by atoms with Gasteiger partial charge in [-0.3, -0.25) is 4.90 Å². The molecule has 1 heterocycles. The lowest BCUT2D eigenvalue weighted by Crippen LogP contribution is -2.33. The van der Waals surface area contributed by atoms with Crippen LogP contribution in [0.1, 0.15) is 26.2 Å². The lowest BCUT2D eigenvalue weighted by Gasteiger charge is -2.27. The van der Waals surface area contributed by atoms with Crippen LogP contribution in [-0.4, -0.2) is 43.8 Å². The normalized spacial score (nSPS) is 18.2. The van der Waals surface area contributed by atoms with E-state index in [0.717, 1.165) is 32.5 Å². The van der Waals surface area contributed by atoms with E-state index in [-0.39, 0.29) is 12.0 Å². The molecule has 1 aliphatic rings. The molecule has 100 valence electrons. The van der Waals surface area contributed by atoms with Crippen molar-refractivity contribution in [2.75, 3.05) is 32.7 Å². The quantitative estimate of drug-likeness (QED) is 0.576. The van der Waals surface area contributed by atoms with Gasteiger partial charge in [0, 0.05) is 18.7 Å². The van der Waals surface area contributed by atoms with Crippen molar-refractivity contribution in [3.8, 4) is 0 Å². The van der Waals surface area contributed by atoms with E-state index in [1.807, 2.05) is 0 Å². The molecule has 5 heteroatoms. The van der Waals surface area contributed by atoms with E-state index in [2.05, 4.69) is 17.1 Å². The summed E-state index contributed by atoms with van der Waals surface area (Å²) in [6.45, 7) is 5.90. The molecule has 0 fully saturated rings. The number of hydrogen-bond donors (Lipinski definition) is 1. The van der Waals surface area contributed by atoms with Crippen molar-refractivity contribution < 1.29 is 13.2 Å². The molecule has 1 aliphatic heterocycles. The van der Waals surface area contributed by atoms with Crippen LogP contribution in [0.25, 0.3) is 0 Å². The predicted molar refractivity (Wildman–Crippen MR) is 63.0 cm³/mol. The number of rotatable bonds is 6. The van der Waals surface area contributed by atoms with Crippen molar-refractivity contribution in [2.24, 2.45) is 0 Å². The summed E-state index contributed by atoms with van der Waals surface area (Å²) in [5.41, 5.74) is -0.363. The molecule has 0 bridgehead atoms. The third-order valence-electron chi connectivity index (χ3n) is 2.91. The SMILES string of the molecule is CCCNCCCN1CC=C(C(F)(F)F)CC1. The topological polar surface area (TPSA) is 15.3 Å². The Morgan fingerprint density at radius 3 is 2.65 bits per heavy atom. The molecule has 0 amide bonds. The van der Waals surface area contributed by atoms with Gasteiger partial charge in [0.25, 0.3) is 0 Å². The average molecular weight is 250 g/mol. The minimum Gasteiger partial charge on any atom is -0.317 e. The highest BCUT2D eigenvalue weighted by molar-refractivity contribution is 5.12. The molecule has 17 heavy (non-hydrogen) atoms. The van der Waals surface area contributed by atoms with Crippen LogP contribution in [0.15, 0.2) is 11.6 Å². The number of nitrogens with one attached hydrogen (secondary N) is 1. The Morgan fingerprint density at radius 1 is 1.35 bits per heavy atom. The molecule has 0 unspecified atom stereocenters. The maximum Gasteiger partial charge on any atom is 0.412 e. The average Bonchev–Trinajstić information content (AvgIpc) is 2.28. The first kappa shape index (κ1) is 14.5. The monoisotopic (exact) mass is 250 g/mol. The number of halogens is 3. The van der Waals surface area contributed by atoms with E-state index in [1.54, 1.807) is 0 Å². The van der Waals surface area contributed by atoms with Gasteiger partial charge in [-0.1, -0.05) is 13.0 Å². The zero-order chi connectivity index (χ0) is 12.7. The smallest absolute Gasteiger partial charge is 0.317 e. The molecule has 0 radical (unpaired) electrons. The Bertz CT molecular complexity index is 249. The van der Waals surface area contributed by atoms with Crippen molar-refractivity contribution in [2.45, 2.75) is 32.4 Å². The Morgan fingerprint density at radius 2 is 2.12 bits per heavy atom. The first-order valence-corrected chi connectivity index (χ1v) is 6.23. The number of nitrogens with zero attached hydrogens (tertiary/aromatic N) is 1. The van der Waals surface area contributed by atoms with Gasteiger partial charge in [0.05, 0.1) is 0 Å². The lowest BCUT2D eigenvalue weighted by atomic mass is 10.1.